The van der Waals surface area contributed by atoms with E-state index in [0.717, 1.165) is 0 Å². The average Bonchev–Trinajstić information content (AvgIpc) is 3.28. The molecule has 0 bridgehead atoms. The lowest BCUT2D eigenvalue weighted by Gasteiger charge is -2.08. The van der Waals surface area contributed by atoms with E-state index in [1.54, 1.807) is 0 Å². The Morgan fingerprint density at radius 3 is 0.373 bits per heavy atom. The van der Waals surface area contributed by atoms with Gasteiger partial charge in [0.25, 0.3) is 0 Å². The molecule has 0 aliphatic heterocycles. The van der Waals surface area contributed by atoms with Gasteiger partial charge < -0.3 is 29.8 Å². The van der Waals surface area contributed by atoms with Crippen molar-refractivity contribution in [3.8, 4) is 0 Å². The van der Waals surface area contributed by atoms with Gasteiger partial charge >= 0.3 is 7.32 Å². The fourth-order valence-corrected chi connectivity index (χ4v) is 8.93. The van der Waals surface area contributed by atoms with Crippen LogP contribution in [0.1, 0.15) is 329 Å². The summed E-state index contributed by atoms with van der Waals surface area (Å²) in [5, 5.41) is 21.5. The second-order valence-corrected chi connectivity index (χ2v) is 21.7. The van der Waals surface area contributed by atoms with Crippen molar-refractivity contribution < 1.29 is 15.1 Å². The van der Waals surface area contributed by atoms with Crippen molar-refractivity contribution in [1.29, 1.82) is 0 Å². The highest BCUT2D eigenvalue weighted by Gasteiger charge is 1.99. The molecule has 0 rings (SSSR count). The van der Waals surface area contributed by atoms with E-state index in [4.69, 9.17) is 15.1 Å². The molecular formula is C60H132BN3O3. The summed E-state index contributed by atoms with van der Waals surface area (Å²) in [4.78, 5) is 6.89. The van der Waals surface area contributed by atoms with E-state index in [0.29, 0.717) is 0 Å². The van der Waals surface area contributed by atoms with Gasteiger partial charge in [0.15, 0.2) is 0 Å². The van der Waals surface area contributed by atoms with Gasteiger partial charge in [0.05, 0.1) is 0 Å². The molecule has 0 unspecified atom stereocenters. The highest BCUT2D eigenvalue weighted by atomic mass is 16.5. The Labute approximate surface area is 426 Å². The Hall–Kier alpha value is -0.175. The first kappa shape index (κ1) is 73.4. The maximum absolute atomic E-state index is 7.17. The van der Waals surface area contributed by atoms with Gasteiger partial charge in [-0.25, -0.2) is 0 Å². The smallest absolute Gasteiger partial charge is 0.402 e. The van der Waals surface area contributed by atoms with Crippen molar-refractivity contribution in [2.75, 3.05) is 61.9 Å². The molecule has 67 heavy (non-hydrogen) atoms. The van der Waals surface area contributed by atoms with Crippen molar-refractivity contribution in [2.45, 2.75) is 329 Å². The third-order valence-electron chi connectivity index (χ3n) is 13.4. The first-order valence-corrected chi connectivity index (χ1v) is 30.5. The van der Waals surface area contributed by atoms with E-state index < -0.39 is 7.32 Å². The van der Waals surface area contributed by atoms with Crippen molar-refractivity contribution in [1.82, 2.24) is 14.7 Å². The van der Waals surface area contributed by atoms with E-state index >= 15 is 0 Å². The van der Waals surface area contributed by atoms with E-state index in [1.807, 2.05) is 0 Å². The van der Waals surface area contributed by atoms with Crippen LogP contribution in [0.4, 0.5) is 0 Å². The van der Waals surface area contributed by atoms with Gasteiger partial charge in [-0.15, -0.1) is 0 Å². The fraction of sp³-hybridized carbons (Fsp3) is 1.00. The molecule has 3 N–H and O–H groups in total. The molecule has 0 saturated carbocycles. The minimum atomic E-state index is -2.17. The zero-order chi connectivity index (χ0) is 50.4. The Morgan fingerprint density at radius 1 is 0.194 bits per heavy atom. The molecule has 0 aromatic rings. The minimum absolute atomic E-state index is 1.26. The molecule has 0 spiro atoms. The Kier molecular flexibility index (Phi) is 76.7. The van der Waals surface area contributed by atoms with Gasteiger partial charge in [-0.1, -0.05) is 310 Å². The molecule has 0 amide bonds. The Balaban J connectivity index is -0.000000426. The van der Waals surface area contributed by atoms with Crippen molar-refractivity contribution in [2.24, 2.45) is 0 Å². The van der Waals surface area contributed by atoms with Crippen LogP contribution < -0.4 is 0 Å². The van der Waals surface area contributed by atoms with Crippen LogP contribution in [0.3, 0.4) is 0 Å². The molecule has 0 aliphatic carbocycles. The highest BCUT2D eigenvalue weighted by molar-refractivity contribution is 6.30. The van der Waals surface area contributed by atoms with Crippen LogP contribution in [0.5, 0.6) is 0 Å². The van der Waals surface area contributed by atoms with Gasteiger partial charge in [0, 0.05) is 0 Å². The second-order valence-electron chi connectivity index (χ2n) is 21.7. The van der Waals surface area contributed by atoms with Crippen molar-refractivity contribution in [3.63, 3.8) is 0 Å². The van der Waals surface area contributed by atoms with Crippen LogP contribution in [-0.4, -0.2) is 99.0 Å². The van der Waals surface area contributed by atoms with Crippen molar-refractivity contribution >= 4 is 7.32 Å². The summed E-state index contributed by atoms with van der Waals surface area (Å²) >= 11 is 0. The van der Waals surface area contributed by atoms with Gasteiger partial charge in [0.2, 0.25) is 0 Å². The summed E-state index contributed by atoms with van der Waals surface area (Å²) < 4.78 is 0. The van der Waals surface area contributed by atoms with Gasteiger partial charge in [0.1, 0.15) is 0 Å². The summed E-state index contributed by atoms with van der Waals surface area (Å²) in [5.41, 5.74) is 0. The maximum atomic E-state index is 7.17. The minimum Gasteiger partial charge on any atom is -0.402 e. The predicted molar refractivity (Wildman–Crippen MR) is 307 cm³/mol. The molecule has 0 atom stereocenters. The lowest BCUT2D eigenvalue weighted by atomic mass is 10.0. The van der Waals surface area contributed by atoms with Crippen LogP contribution in [0.25, 0.3) is 0 Å². The monoisotopic (exact) mass is 954 g/mol. The Morgan fingerprint density at radius 2 is 0.284 bits per heavy atom. The summed E-state index contributed by atoms with van der Waals surface area (Å²) in [6.07, 6.45) is 69.9. The summed E-state index contributed by atoms with van der Waals surface area (Å²) in [7, 11) is 10.9. The average molecular weight is 955 g/mol. The zero-order valence-corrected chi connectivity index (χ0v) is 48.3. The molecule has 7 heteroatoms. The molecule has 0 aromatic heterocycles. The predicted octanol–water partition coefficient (Wildman–Crippen LogP) is 18.4. The largest absolute Gasteiger partial charge is 0.631 e. The topological polar surface area (TPSA) is 70.4 Å². The number of rotatable bonds is 51. The Bertz CT molecular complexity index is 690. The SMILES string of the molecule is CCCCCCCCCCCCCCCCCCN(C)C.CCCCCCCCCCCCCCCCCCN(C)C.CCCCCCCCCCCCCCCCCCN(C)C.OB(O)O. The van der Waals surface area contributed by atoms with Crippen LogP contribution >= 0.6 is 0 Å². The molecule has 0 aliphatic rings. The molecule has 0 radical (unpaired) electrons. The van der Waals surface area contributed by atoms with Crippen LogP contribution in [0, 0.1) is 0 Å². The summed E-state index contributed by atoms with van der Waals surface area (Å²) in [6, 6.07) is 0. The third-order valence-corrected chi connectivity index (χ3v) is 13.4. The van der Waals surface area contributed by atoms with Crippen LogP contribution in [0.15, 0.2) is 0 Å². The first-order valence-electron chi connectivity index (χ1n) is 30.5. The lowest BCUT2D eigenvalue weighted by Crippen LogP contribution is -2.12. The lowest BCUT2D eigenvalue weighted by molar-refractivity contribution is 0.278. The highest BCUT2D eigenvalue weighted by Crippen LogP contribution is 2.17. The number of nitrogens with zero attached hydrogens (tertiary/aromatic N) is 3. The quantitative estimate of drug-likeness (QED) is 0.0417. The molecule has 0 aromatic carbocycles. The molecule has 0 fully saturated rings. The van der Waals surface area contributed by atoms with Gasteiger partial charge in [-0.3, -0.25) is 0 Å². The first-order chi connectivity index (χ1) is 32.5. The van der Waals surface area contributed by atoms with E-state index in [1.165, 1.54) is 328 Å². The molecule has 6 nitrogen and oxygen atoms in total. The van der Waals surface area contributed by atoms with Crippen LogP contribution in [-0.2, 0) is 0 Å². The normalized spacial score (nSPS) is 11.1. The van der Waals surface area contributed by atoms with Gasteiger partial charge in [-0.05, 0) is 81.2 Å². The number of unbranched alkanes of at least 4 members (excludes halogenated alkanes) is 45. The standard InChI is InChI=1S/3C20H43N.BH3O3/c3*1-4-5-6-7-8-9-10-11-12-13-14-15-16-17-18-19-20-21(2)3;2-1(3)4/h3*4-20H2,1-3H3;2-4H. The number of hydrogen-bond donors (Lipinski definition) is 3. The zero-order valence-electron chi connectivity index (χ0n) is 48.3. The molecular weight excluding hydrogens is 821 g/mol. The van der Waals surface area contributed by atoms with Crippen molar-refractivity contribution in [3.05, 3.63) is 0 Å². The van der Waals surface area contributed by atoms with Crippen LogP contribution in [0.2, 0.25) is 0 Å². The molecule has 0 saturated heterocycles. The second kappa shape index (κ2) is 70.1. The van der Waals surface area contributed by atoms with Gasteiger partial charge in [-0.2, -0.15) is 0 Å². The van der Waals surface area contributed by atoms with E-state index in [2.05, 4.69) is 77.8 Å². The summed E-state index contributed by atoms with van der Waals surface area (Å²) in [6.45, 7) is 10.7. The molecule has 0 heterocycles. The fourth-order valence-electron chi connectivity index (χ4n) is 8.93. The third kappa shape index (κ3) is 92.6. The van der Waals surface area contributed by atoms with E-state index in [-0.39, 0.29) is 0 Å². The number of hydrogen-bond acceptors (Lipinski definition) is 6. The molecule has 408 valence electrons. The maximum Gasteiger partial charge on any atom is 0.631 e. The van der Waals surface area contributed by atoms with E-state index in [9.17, 15) is 0 Å². The summed E-state index contributed by atoms with van der Waals surface area (Å²) in [5.74, 6) is 0.